The lowest BCUT2D eigenvalue weighted by atomic mass is 10.1. The van der Waals surface area contributed by atoms with Crippen LogP contribution in [0.5, 0.6) is 0 Å². The van der Waals surface area contributed by atoms with Crippen LogP contribution in [0, 0.1) is 17.5 Å². The standard InChI is InChI=1S/C24H21F3N4O2S2/c1-3-31(4-2)24-29-22(23(34-24)15-10-12-28-13-11-15)17-6-5-7-19(21(17)27)30-35(32,33)20-14-16(25)8-9-18(20)26/h5-14,30H,3-4H2,1-2H3. The fourth-order valence-electron chi connectivity index (χ4n) is 3.50. The zero-order valence-corrected chi connectivity index (χ0v) is 20.4. The van der Waals surface area contributed by atoms with Gasteiger partial charge in [0.15, 0.2) is 10.9 Å². The second-order valence-corrected chi connectivity index (χ2v) is 10.1. The van der Waals surface area contributed by atoms with Gasteiger partial charge in [0.25, 0.3) is 10.0 Å². The molecule has 4 rings (SSSR count). The molecular weight excluding hydrogens is 497 g/mol. The van der Waals surface area contributed by atoms with Gasteiger partial charge in [0.05, 0.1) is 16.3 Å². The molecule has 11 heteroatoms. The van der Waals surface area contributed by atoms with Crippen molar-refractivity contribution in [1.82, 2.24) is 9.97 Å². The first-order valence-corrected chi connectivity index (χ1v) is 13.0. The molecule has 0 saturated carbocycles. The third-order valence-corrected chi connectivity index (χ3v) is 7.82. The fourth-order valence-corrected chi connectivity index (χ4v) is 5.86. The summed E-state index contributed by atoms with van der Waals surface area (Å²) in [4.78, 5) is 10.5. The molecular formula is C24H21F3N4O2S2. The molecule has 2 aromatic heterocycles. The third-order valence-electron chi connectivity index (χ3n) is 5.27. The highest BCUT2D eigenvalue weighted by Gasteiger charge is 2.25. The lowest BCUT2D eigenvalue weighted by Crippen LogP contribution is -2.21. The van der Waals surface area contributed by atoms with Crippen LogP contribution in [0.15, 0.2) is 65.8 Å². The molecule has 0 spiro atoms. The summed E-state index contributed by atoms with van der Waals surface area (Å²) in [6.07, 6.45) is 3.23. The van der Waals surface area contributed by atoms with Gasteiger partial charge in [-0.15, -0.1) is 0 Å². The third kappa shape index (κ3) is 5.01. The van der Waals surface area contributed by atoms with Crippen LogP contribution in [0.2, 0.25) is 0 Å². The van der Waals surface area contributed by atoms with Gasteiger partial charge in [-0.25, -0.2) is 26.6 Å². The van der Waals surface area contributed by atoms with Crippen LogP contribution < -0.4 is 9.62 Å². The van der Waals surface area contributed by atoms with Crippen molar-refractivity contribution in [2.75, 3.05) is 22.7 Å². The molecule has 182 valence electrons. The number of sulfonamides is 1. The van der Waals surface area contributed by atoms with Crippen LogP contribution in [0.3, 0.4) is 0 Å². The van der Waals surface area contributed by atoms with Crippen LogP contribution in [0.4, 0.5) is 24.0 Å². The van der Waals surface area contributed by atoms with Gasteiger partial charge in [0.1, 0.15) is 16.5 Å². The molecule has 2 aromatic carbocycles. The Morgan fingerprint density at radius 1 is 1.00 bits per heavy atom. The number of hydrogen-bond donors (Lipinski definition) is 1. The molecule has 0 atom stereocenters. The summed E-state index contributed by atoms with van der Waals surface area (Å²) >= 11 is 1.38. The van der Waals surface area contributed by atoms with Gasteiger partial charge in [-0.2, -0.15) is 0 Å². The zero-order chi connectivity index (χ0) is 25.2. The van der Waals surface area contributed by atoms with E-state index in [9.17, 15) is 17.2 Å². The number of hydrogen-bond acceptors (Lipinski definition) is 6. The van der Waals surface area contributed by atoms with Crippen molar-refractivity contribution in [1.29, 1.82) is 0 Å². The van der Waals surface area contributed by atoms with Crippen molar-refractivity contribution in [2.24, 2.45) is 0 Å². The lowest BCUT2D eigenvalue weighted by Gasteiger charge is -2.16. The molecule has 0 unspecified atom stereocenters. The van der Waals surface area contributed by atoms with E-state index in [1.54, 1.807) is 24.5 Å². The normalized spacial score (nSPS) is 11.5. The molecule has 2 heterocycles. The quantitative estimate of drug-likeness (QED) is 0.313. The first-order valence-electron chi connectivity index (χ1n) is 10.7. The van der Waals surface area contributed by atoms with E-state index in [0.717, 1.165) is 11.6 Å². The van der Waals surface area contributed by atoms with Crippen molar-refractivity contribution in [3.63, 3.8) is 0 Å². The molecule has 4 aromatic rings. The monoisotopic (exact) mass is 518 g/mol. The largest absolute Gasteiger partial charge is 0.349 e. The Balaban J connectivity index is 1.82. The summed E-state index contributed by atoms with van der Waals surface area (Å²) in [6.45, 7) is 5.36. The minimum Gasteiger partial charge on any atom is -0.349 e. The van der Waals surface area contributed by atoms with E-state index in [1.807, 2.05) is 23.5 Å². The number of anilines is 2. The maximum absolute atomic E-state index is 15.7. The van der Waals surface area contributed by atoms with E-state index in [2.05, 4.69) is 9.97 Å². The van der Waals surface area contributed by atoms with Crippen LogP contribution in [0.1, 0.15) is 13.8 Å². The summed E-state index contributed by atoms with van der Waals surface area (Å²) in [5.41, 5.74) is 0.757. The van der Waals surface area contributed by atoms with Crippen molar-refractivity contribution < 1.29 is 21.6 Å². The van der Waals surface area contributed by atoms with Gasteiger partial charge >= 0.3 is 0 Å². The van der Waals surface area contributed by atoms with E-state index in [1.165, 1.54) is 29.5 Å². The van der Waals surface area contributed by atoms with E-state index in [0.29, 0.717) is 40.9 Å². The van der Waals surface area contributed by atoms with E-state index >= 15 is 4.39 Å². The van der Waals surface area contributed by atoms with Crippen molar-refractivity contribution in [3.05, 3.63) is 78.4 Å². The molecule has 6 nitrogen and oxygen atoms in total. The number of rotatable bonds is 8. The minimum atomic E-state index is -4.61. The molecule has 0 aliphatic carbocycles. The molecule has 0 saturated heterocycles. The van der Waals surface area contributed by atoms with Crippen LogP contribution >= 0.6 is 11.3 Å². The SMILES string of the molecule is CCN(CC)c1nc(-c2cccc(NS(=O)(=O)c3cc(F)ccc3F)c2F)c(-c2ccncc2)s1. The number of aromatic nitrogens is 2. The molecule has 1 N–H and O–H groups in total. The molecule has 0 fully saturated rings. The van der Waals surface area contributed by atoms with Crippen molar-refractivity contribution in [3.8, 4) is 21.7 Å². The van der Waals surface area contributed by atoms with Crippen molar-refractivity contribution in [2.45, 2.75) is 18.7 Å². The average molecular weight is 519 g/mol. The van der Waals surface area contributed by atoms with Gasteiger partial charge in [0, 0.05) is 31.0 Å². The highest BCUT2D eigenvalue weighted by molar-refractivity contribution is 7.92. The Bertz CT molecular complexity index is 1460. The molecule has 0 amide bonds. The van der Waals surface area contributed by atoms with Crippen LogP contribution in [-0.4, -0.2) is 31.5 Å². The fraction of sp³-hybridized carbons (Fsp3) is 0.167. The minimum absolute atomic E-state index is 0.0615. The smallest absolute Gasteiger partial charge is 0.265 e. The van der Waals surface area contributed by atoms with Crippen LogP contribution in [0.25, 0.3) is 21.7 Å². The first kappa shape index (κ1) is 24.7. The number of halogens is 3. The Kier molecular flexibility index (Phi) is 7.08. The lowest BCUT2D eigenvalue weighted by molar-refractivity contribution is 0.555. The Morgan fingerprint density at radius 2 is 1.71 bits per heavy atom. The van der Waals surface area contributed by atoms with E-state index in [4.69, 9.17) is 0 Å². The molecule has 0 aliphatic heterocycles. The Labute approximate surface area is 205 Å². The predicted molar refractivity (Wildman–Crippen MR) is 131 cm³/mol. The Hall–Kier alpha value is -3.44. The summed E-state index contributed by atoms with van der Waals surface area (Å²) in [5, 5.41) is 0.684. The topological polar surface area (TPSA) is 75.2 Å². The highest BCUT2D eigenvalue weighted by atomic mass is 32.2. The number of nitrogens with zero attached hydrogens (tertiary/aromatic N) is 3. The van der Waals surface area contributed by atoms with Gasteiger partial charge in [-0.05, 0) is 61.9 Å². The predicted octanol–water partition coefficient (Wildman–Crippen LogP) is 5.94. The maximum Gasteiger partial charge on any atom is 0.265 e. The Morgan fingerprint density at radius 3 is 2.40 bits per heavy atom. The molecule has 0 bridgehead atoms. The van der Waals surface area contributed by atoms with Crippen molar-refractivity contribution >= 4 is 32.2 Å². The molecule has 0 radical (unpaired) electrons. The number of benzene rings is 2. The summed E-state index contributed by atoms with van der Waals surface area (Å²) < 4.78 is 70.8. The maximum atomic E-state index is 15.7. The highest BCUT2D eigenvalue weighted by Crippen LogP contribution is 2.42. The zero-order valence-electron chi connectivity index (χ0n) is 18.8. The van der Waals surface area contributed by atoms with E-state index < -0.39 is 38.1 Å². The van der Waals surface area contributed by atoms with Gasteiger partial charge in [-0.3, -0.25) is 9.71 Å². The van der Waals surface area contributed by atoms with Gasteiger partial charge in [0.2, 0.25) is 0 Å². The summed E-state index contributed by atoms with van der Waals surface area (Å²) in [7, 11) is -4.61. The number of thiazole rings is 1. The summed E-state index contributed by atoms with van der Waals surface area (Å²) in [6, 6.07) is 9.75. The van der Waals surface area contributed by atoms with E-state index in [-0.39, 0.29) is 5.56 Å². The second-order valence-electron chi connectivity index (χ2n) is 7.43. The van der Waals surface area contributed by atoms with Crippen LogP contribution in [-0.2, 0) is 10.0 Å². The number of pyridine rings is 1. The van der Waals surface area contributed by atoms with Gasteiger partial charge < -0.3 is 4.90 Å². The van der Waals surface area contributed by atoms with Gasteiger partial charge in [-0.1, -0.05) is 17.4 Å². The number of nitrogens with one attached hydrogen (secondary N) is 1. The average Bonchev–Trinajstić information content (AvgIpc) is 3.28. The summed E-state index contributed by atoms with van der Waals surface area (Å²) in [5.74, 6) is -2.98. The molecule has 35 heavy (non-hydrogen) atoms. The molecule has 0 aliphatic rings. The first-order chi connectivity index (χ1) is 16.7. The second kappa shape index (κ2) is 10.0.